The summed E-state index contributed by atoms with van der Waals surface area (Å²) in [7, 11) is 0. The van der Waals surface area contributed by atoms with Crippen molar-refractivity contribution in [1.29, 1.82) is 0 Å². The number of anilines is 1. The second-order valence-corrected chi connectivity index (χ2v) is 6.35. The summed E-state index contributed by atoms with van der Waals surface area (Å²) in [4.78, 5) is 14.4. The van der Waals surface area contributed by atoms with Crippen LogP contribution < -0.4 is 15.4 Å². The Bertz CT molecular complexity index is 541. The highest BCUT2D eigenvalue weighted by Crippen LogP contribution is 2.39. The standard InChI is InChI=1S/C17H26N2O3/c1-12(2)13-5-6-15-14(11-13)19(8-10-21-9-7-18)16(20)17(3,4)22-15/h5-6,11-12H,7-10,18H2,1-4H3. The van der Waals surface area contributed by atoms with Gasteiger partial charge in [0.25, 0.3) is 5.91 Å². The third-order valence-electron chi connectivity index (χ3n) is 3.79. The molecule has 0 atom stereocenters. The molecule has 5 heteroatoms. The van der Waals surface area contributed by atoms with Crippen LogP contribution in [0.15, 0.2) is 18.2 Å². The molecule has 1 heterocycles. The molecule has 0 saturated heterocycles. The minimum absolute atomic E-state index is 0.0442. The quantitative estimate of drug-likeness (QED) is 0.819. The lowest BCUT2D eigenvalue weighted by molar-refractivity contribution is -0.132. The van der Waals surface area contributed by atoms with Crippen LogP contribution in [-0.2, 0) is 9.53 Å². The van der Waals surface area contributed by atoms with Crippen LogP contribution in [-0.4, -0.2) is 37.8 Å². The number of benzene rings is 1. The Kier molecular flexibility index (Phi) is 5.08. The molecule has 0 aromatic heterocycles. The Morgan fingerprint density at radius 1 is 1.32 bits per heavy atom. The van der Waals surface area contributed by atoms with Crippen molar-refractivity contribution in [3.05, 3.63) is 23.8 Å². The largest absolute Gasteiger partial charge is 0.476 e. The molecule has 22 heavy (non-hydrogen) atoms. The van der Waals surface area contributed by atoms with E-state index in [2.05, 4.69) is 19.9 Å². The lowest BCUT2D eigenvalue weighted by Gasteiger charge is -2.39. The molecule has 1 amide bonds. The first-order valence-corrected chi connectivity index (χ1v) is 7.79. The summed E-state index contributed by atoms with van der Waals surface area (Å²) in [5, 5.41) is 0. The Labute approximate surface area is 132 Å². The maximum Gasteiger partial charge on any atom is 0.270 e. The van der Waals surface area contributed by atoms with Gasteiger partial charge in [-0.15, -0.1) is 0 Å². The maximum absolute atomic E-state index is 12.7. The van der Waals surface area contributed by atoms with Crippen molar-refractivity contribution in [1.82, 2.24) is 0 Å². The van der Waals surface area contributed by atoms with Gasteiger partial charge in [0.05, 0.1) is 18.9 Å². The van der Waals surface area contributed by atoms with E-state index in [4.69, 9.17) is 15.2 Å². The van der Waals surface area contributed by atoms with Gasteiger partial charge in [-0.25, -0.2) is 0 Å². The van der Waals surface area contributed by atoms with Gasteiger partial charge in [0, 0.05) is 13.1 Å². The van der Waals surface area contributed by atoms with Crippen molar-refractivity contribution in [2.75, 3.05) is 31.2 Å². The molecule has 5 nitrogen and oxygen atoms in total. The van der Waals surface area contributed by atoms with E-state index in [1.54, 1.807) is 18.7 Å². The SMILES string of the molecule is CC(C)c1ccc2c(c1)N(CCOCCN)C(=O)C(C)(C)O2. The van der Waals surface area contributed by atoms with Crippen LogP contribution in [0.4, 0.5) is 5.69 Å². The number of nitrogens with zero attached hydrogens (tertiary/aromatic N) is 1. The third kappa shape index (κ3) is 3.42. The number of rotatable bonds is 6. The normalized spacial score (nSPS) is 16.6. The number of carbonyl (C=O) groups is 1. The lowest BCUT2D eigenvalue weighted by atomic mass is 9.99. The minimum atomic E-state index is -0.861. The molecule has 0 unspecified atom stereocenters. The Balaban J connectivity index is 2.29. The highest BCUT2D eigenvalue weighted by atomic mass is 16.5. The fraction of sp³-hybridized carbons (Fsp3) is 0.588. The molecule has 122 valence electrons. The second kappa shape index (κ2) is 6.67. The predicted octanol–water partition coefficient (Wildman–Crippen LogP) is 2.29. The van der Waals surface area contributed by atoms with Crippen LogP contribution in [0, 0.1) is 0 Å². The molecule has 1 aliphatic rings. The summed E-state index contributed by atoms with van der Waals surface area (Å²) < 4.78 is 11.3. The molecule has 2 N–H and O–H groups in total. The smallest absolute Gasteiger partial charge is 0.270 e. The molecular formula is C17H26N2O3. The molecule has 1 aromatic rings. The van der Waals surface area contributed by atoms with Crippen LogP contribution in [0.2, 0.25) is 0 Å². The topological polar surface area (TPSA) is 64.8 Å². The Hall–Kier alpha value is -1.59. The molecule has 0 saturated carbocycles. The average molecular weight is 306 g/mol. The zero-order valence-electron chi connectivity index (χ0n) is 13.9. The zero-order valence-corrected chi connectivity index (χ0v) is 13.9. The fourth-order valence-corrected chi connectivity index (χ4v) is 2.51. The van der Waals surface area contributed by atoms with Gasteiger partial charge >= 0.3 is 0 Å². The summed E-state index contributed by atoms with van der Waals surface area (Å²) in [5.74, 6) is 1.09. The first-order valence-electron chi connectivity index (χ1n) is 7.79. The first-order chi connectivity index (χ1) is 10.4. The number of amides is 1. The predicted molar refractivity (Wildman–Crippen MR) is 87.5 cm³/mol. The number of nitrogens with two attached hydrogens (primary N) is 1. The maximum atomic E-state index is 12.7. The minimum Gasteiger partial charge on any atom is -0.476 e. The Morgan fingerprint density at radius 3 is 2.68 bits per heavy atom. The molecule has 1 aliphatic heterocycles. The molecule has 1 aromatic carbocycles. The van der Waals surface area contributed by atoms with Crippen LogP contribution in [0.5, 0.6) is 5.75 Å². The highest BCUT2D eigenvalue weighted by Gasteiger charge is 2.40. The second-order valence-electron chi connectivity index (χ2n) is 6.35. The monoisotopic (exact) mass is 306 g/mol. The van der Waals surface area contributed by atoms with Crippen LogP contribution in [0.25, 0.3) is 0 Å². The molecular weight excluding hydrogens is 280 g/mol. The molecule has 0 spiro atoms. The molecule has 0 aliphatic carbocycles. The Morgan fingerprint density at radius 2 is 2.05 bits per heavy atom. The van der Waals surface area contributed by atoms with E-state index in [0.29, 0.717) is 32.2 Å². The van der Waals surface area contributed by atoms with Crippen LogP contribution in [0.1, 0.15) is 39.2 Å². The number of hydrogen-bond acceptors (Lipinski definition) is 4. The third-order valence-corrected chi connectivity index (χ3v) is 3.79. The van der Waals surface area contributed by atoms with Crippen molar-refractivity contribution in [2.24, 2.45) is 5.73 Å². The van der Waals surface area contributed by atoms with Gasteiger partial charge in [-0.2, -0.15) is 0 Å². The first kappa shape index (κ1) is 16.8. The molecule has 0 radical (unpaired) electrons. The number of fused-ring (bicyclic) bond motifs is 1. The van der Waals surface area contributed by atoms with E-state index in [1.165, 1.54) is 5.56 Å². The van der Waals surface area contributed by atoms with Crippen LogP contribution in [0.3, 0.4) is 0 Å². The van der Waals surface area contributed by atoms with E-state index in [-0.39, 0.29) is 5.91 Å². The van der Waals surface area contributed by atoms with E-state index < -0.39 is 5.60 Å². The van der Waals surface area contributed by atoms with Crippen molar-refractivity contribution in [3.63, 3.8) is 0 Å². The van der Waals surface area contributed by atoms with E-state index in [1.807, 2.05) is 12.1 Å². The molecule has 0 bridgehead atoms. The van der Waals surface area contributed by atoms with E-state index in [9.17, 15) is 4.79 Å². The number of ether oxygens (including phenoxy) is 2. The van der Waals surface area contributed by atoms with Crippen LogP contribution >= 0.6 is 0 Å². The number of hydrogen-bond donors (Lipinski definition) is 1. The van der Waals surface area contributed by atoms with Gasteiger partial charge in [0.15, 0.2) is 5.60 Å². The van der Waals surface area contributed by atoms with Gasteiger partial charge in [-0.3, -0.25) is 4.79 Å². The highest BCUT2D eigenvalue weighted by molar-refractivity contribution is 6.02. The van der Waals surface area contributed by atoms with E-state index >= 15 is 0 Å². The van der Waals surface area contributed by atoms with Gasteiger partial charge in [-0.05, 0) is 37.5 Å². The summed E-state index contributed by atoms with van der Waals surface area (Å²) >= 11 is 0. The van der Waals surface area contributed by atoms with Gasteiger partial charge in [0.1, 0.15) is 5.75 Å². The average Bonchev–Trinajstić information content (AvgIpc) is 2.46. The zero-order chi connectivity index (χ0) is 16.3. The lowest BCUT2D eigenvalue weighted by Crippen LogP contribution is -2.53. The van der Waals surface area contributed by atoms with Crippen molar-refractivity contribution >= 4 is 11.6 Å². The summed E-state index contributed by atoms with van der Waals surface area (Å²) in [6, 6.07) is 6.04. The van der Waals surface area contributed by atoms with Gasteiger partial charge < -0.3 is 20.1 Å². The molecule has 0 fully saturated rings. The van der Waals surface area contributed by atoms with Gasteiger partial charge in [0.2, 0.25) is 0 Å². The van der Waals surface area contributed by atoms with Crippen molar-refractivity contribution in [3.8, 4) is 5.75 Å². The van der Waals surface area contributed by atoms with Crippen molar-refractivity contribution in [2.45, 2.75) is 39.2 Å². The van der Waals surface area contributed by atoms with Crippen molar-refractivity contribution < 1.29 is 14.3 Å². The summed E-state index contributed by atoms with van der Waals surface area (Å²) in [6.07, 6.45) is 0. The fourth-order valence-electron chi connectivity index (χ4n) is 2.51. The number of carbonyl (C=O) groups excluding carboxylic acids is 1. The molecule has 2 rings (SSSR count). The summed E-state index contributed by atoms with van der Waals surface area (Å²) in [5.41, 5.74) is 6.57. The van der Waals surface area contributed by atoms with E-state index in [0.717, 1.165) is 11.4 Å². The summed E-state index contributed by atoms with van der Waals surface area (Å²) in [6.45, 7) is 9.80. The van der Waals surface area contributed by atoms with Gasteiger partial charge in [-0.1, -0.05) is 19.9 Å².